The first-order valence-electron chi connectivity index (χ1n) is 44.6. The van der Waals surface area contributed by atoms with Gasteiger partial charge in [-0.1, -0.05) is 73.9 Å². The Morgan fingerprint density at radius 1 is 0.453 bits per heavy atom. The van der Waals surface area contributed by atoms with Gasteiger partial charge in [0.1, 0.15) is 102 Å². The van der Waals surface area contributed by atoms with Crippen molar-refractivity contribution in [3.05, 3.63) is 48.0 Å². The zero-order valence-electron chi connectivity index (χ0n) is 78.1. The van der Waals surface area contributed by atoms with Gasteiger partial charge in [-0.15, -0.1) is 0 Å². The number of nitrogens with two attached hydrogens (primary N) is 4. The zero-order chi connectivity index (χ0) is 104. The molecule has 0 radical (unpaired) electrons. The molecule has 3 rings (SSSR count). The first-order valence-corrected chi connectivity index (χ1v) is 44.6. The minimum absolute atomic E-state index is 0.000619. The van der Waals surface area contributed by atoms with Gasteiger partial charge in [0.2, 0.25) is 106 Å². The third-order valence-electron chi connectivity index (χ3n) is 22.0. The number of imidazole rings is 1. The number of carboxylic acid groups (broad SMARTS) is 4. The molecule has 0 unspecified atom stereocenters. The molecule has 0 saturated carbocycles. The van der Waals surface area contributed by atoms with Crippen LogP contribution in [0.5, 0.6) is 5.75 Å². The molecule has 1 aliphatic rings. The maximum absolute atomic E-state index is 14.9. The summed E-state index contributed by atoms with van der Waals surface area (Å²) < 4.78 is 0. The molecular weight excluding hydrogens is 1810 g/mol. The van der Waals surface area contributed by atoms with Crippen LogP contribution in [0.1, 0.15) is 184 Å². The van der Waals surface area contributed by atoms with E-state index in [-0.39, 0.29) is 76.6 Å². The number of likely N-dealkylation sites (tertiary alicyclic amines) is 1. The predicted molar refractivity (Wildman–Crippen MR) is 479 cm³/mol. The number of aliphatic hydroxyl groups excluding tert-OH is 3. The lowest BCUT2D eigenvalue weighted by atomic mass is 9.97. The Morgan fingerprint density at radius 2 is 0.883 bits per heavy atom. The van der Waals surface area contributed by atoms with Crippen LogP contribution < -0.4 is 103 Å². The summed E-state index contributed by atoms with van der Waals surface area (Å²) in [6, 6.07) is -23.7. The number of phenolic OH excluding ortho intramolecular Hbond substituents is 1. The van der Waals surface area contributed by atoms with Crippen LogP contribution in [0.15, 0.2) is 36.8 Å². The lowest BCUT2D eigenvalue weighted by molar-refractivity contribution is -0.145. The molecule has 52 nitrogen and oxygen atoms in total. The van der Waals surface area contributed by atoms with E-state index in [1.54, 1.807) is 34.6 Å². The van der Waals surface area contributed by atoms with Crippen molar-refractivity contribution in [1.29, 1.82) is 0 Å². The van der Waals surface area contributed by atoms with Gasteiger partial charge in [-0.2, -0.15) is 0 Å². The number of aromatic hydroxyl groups is 1. The molecule has 137 heavy (non-hydrogen) atoms. The Morgan fingerprint density at radius 3 is 1.39 bits per heavy atom. The topological polar surface area (TPSA) is 854 Å². The first kappa shape index (κ1) is 118. The Balaban J connectivity index is 1.90. The lowest BCUT2D eigenvalue weighted by Crippen LogP contribution is -2.62. The number of phenols is 1. The average molecular weight is 1940 g/mol. The van der Waals surface area contributed by atoms with Gasteiger partial charge in [0.05, 0.1) is 44.0 Å². The molecule has 52 heteroatoms. The second-order valence-electron chi connectivity index (χ2n) is 34.6. The van der Waals surface area contributed by atoms with E-state index in [2.05, 4.69) is 89.7 Å². The Bertz CT molecular complexity index is 4520. The van der Waals surface area contributed by atoms with Crippen LogP contribution in [0.3, 0.4) is 0 Å². The number of benzene rings is 1. The maximum Gasteiger partial charge on any atom is 0.326 e. The highest BCUT2D eigenvalue weighted by Crippen LogP contribution is 2.23. The number of rotatable bonds is 62. The molecule has 1 aromatic heterocycles. The van der Waals surface area contributed by atoms with E-state index in [1.165, 1.54) is 57.6 Å². The van der Waals surface area contributed by atoms with Crippen molar-refractivity contribution in [3.8, 4) is 5.75 Å². The number of primary amides is 2. The normalized spacial score (nSPS) is 16.5. The molecule has 2 aromatic rings. The number of carbonyl (C=O) groups excluding carboxylic acids is 18. The molecule has 0 spiro atoms. The van der Waals surface area contributed by atoms with Crippen LogP contribution >= 0.6 is 0 Å². The highest BCUT2D eigenvalue weighted by molar-refractivity contribution is 6.03. The SMILES string of the molecule is CC[C@H](C)[C@H](NC(=O)[C@H](CC(=O)O)NC(=O)[C@H](CC(C)C)NC(=O)[C@H](CCCCN)NC(=O)[C@H](Cc1ccc(O)cc1)NC(=O)[C@@H](NC(=O)[C@@H]1CCCN1C(=O)[C@@H](NC(=O)[C@H](CC(N)=O)NC(=O)[C@@H](N)Cc1cnc[nH]1)[C@@H](C)O)C(C)C)C(=O)N[C@@H](CO)C(=O)N[C@@H](CCC(=O)O)C(=O)N[C@@H](C)C(=O)N[C@H](C(=O)N[C@@H](CCC(N)=O)C(=O)N[C@H](C(=O)N[C@@H](CCC(=O)O)C(=O)O)C(C)C)[C@@H](C)O. The van der Waals surface area contributed by atoms with Gasteiger partial charge in [-0.3, -0.25) is 101 Å². The van der Waals surface area contributed by atoms with E-state index in [0.29, 0.717) is 11.3 Å². The molecule has 2 heterocycles. The molecule has 18 amide bonds. The number of aromatic amines is 1. The zero-order valence-corrected chi connectivity index (χ0v) is 78.1. The molecule has 1 fully saturated rings. The van der Waals surface area contributed by atoms with E-state index in [4.69, 9.17) is 28.0 Å². The van der Waals surface area contributed by atoms with Gasteiger partial charge in [-0.25, -0.2) is 9.78 Å². The number of nitrogens with one attached hydrogen (secondary N) is 16. The number of hydrogen-bond donors (Lipinski definition) is 28. The fraction of sp³-hybridized carbons (Fsp3) is 0.635. The second-order valence-corrected chi connectivity index (χ2v) is 34.6. The van der Waals surface area contributed by atoms with Crippen LogP contribution in [0.4, 0.5) is 0 Å². The van der Waals surface area contributed by atoms with Crippen LogP contribution in [0, 0.1) is 23.7 Å². The van der Waals surface area contributed by atoms with Gasteiger partial charge >= 0.3 is 23.9 Å². The molecule has 1 aromatic carbocycles. The van der Waals surface area contributed by atoms with Crippen molar-refractivity contribution in [2.24, 2.45) is 46.6 Å². The number of aromatic nitrogens is 2. The quantitative estimate of drug-likeness (QED) is 0.0274. The Kier molecular flexibility index (Phi) is 49.7. The van der Waals surface area contributed by atoms with Gasteiger partial charge in [0, 0.05) is 50.5 Å². The van der Waals surface area contributed by atoms with Crippen molar-refractivity contribution in [3.63, 3.8) is 0 Å². The van der Waals surface area contributed by atoms with Crippen molar-refractivity contribution in [1.82, 2.24) is 94.6 Å². The summed E-state index contributed by atoms with van der Waals surface area (Å²) in [4.78, 5) is 306. The van der Waals surface area contributed by atoms with Crippen molar-refractivity contribution >= 4 is 130 Å². The number of carboxylic acids is 4. The summed E-state index contributed by atoms with van der Waals surface area (Å²) in [5.41, 5.74) is 23.5. The summed E-state index contributed by atoms with van der Waals surface area (Å²) in [6.45, 7) is 14.1. The molecule has 0 bridgehead atoms. The van der Waals surface area contributed by atoms with E-state index in [0.717, 1.165) is 25.7 Å². The molecule has 1 saturated heterocycles. The third kappa shape index (κ3) is 40.4. The van der Waals surface area contributed by atoms with Gasteiger partial charge in [-0.05, 0) is 126 Å². The minimum Gasteiger partial charge on any atom is -0.508 e. The summed E-state index contributed by atoms with van der Waals surface area (Å²) in [7, 11) is 0. The van der Waals surface area contributed by atoms with Crippen LogP contribution in [0.25, 0.3) is 0 Å². The standard InChI is InChI=1S/C85H134N22O30/c1-12-41(8)66(82(133)101-57(36-108)78(129)94-51(23-26-61(114)115)71(122)92-42(9)69(120)105-67(43(10)109)83(134)95-50(22-25-59(88)112)73(124)102-64(39(4)5)80(131)96-52(85(136)137)24-27-62(116)117)104-77(128)56(34-63(118)119)99-74(125)53(30-38(2)3)98-72(123)49(16-13-14-28-86)93-75(126)54(31-45-18-20-47(111)21-19-45)100-81(132)65(40(6)7)103-79(130)58-17-15-29-107(58)84(135)68(44(11)110)106-76(127)55(33-60(89)113)97-70(121)48(87)32-46-35-90-37-91-46/h18-21,35,37-44,48-58,64-68,108-111H,12-17,22-34,36,86-87H2,1-11H3,(H2,88,112)(H2,89,113)(H,90,91)(H,92,122)(H,93,126)(H,94,129)(H,95,134)(H,96,131)(H,97,121)(H,98,123)(H,99,125)(H,100,132)(H,101,133)(H,102,124)(H,103,130)(H,104,128)(H,105,120)(H,106,127)(H,114,115)(H,116,117)(H,118,119)(H,136,137)/t41-,42-,43+,44+,48-,49-,50-,51-,52-,53-,54-,55-,56-,57-,58-,64-,65-,66-,67-,68-/m0/s1. The van der Waals surface area contributed by atoms with Crippen molar-refractivity contribution in [2.75, 3.05) is 19.7 Å². The molecule has 1 aliphatic heterocycles. The van der Waals surface area contributed by atoms with E-state index in [1.807, 2.05) is 0 Å². The highest BCUT2D eigenvalue weighted by atomic mass is 16.4. The highest BCUT2D eigenvalue weighted by Gasteiger charge is 2.45. The molecule has 20 atom stereocenters. The molecule has 764 valence electrons. The Hall–Kier alpha value is -13.6. The van der Waals surface area contributed by atoms with Gasteiger partial charge in [0.15, 0.2) is 0 Å². The first-order chi connectivity index (χ1) is 64.1. The van der Waals surface area contributed by atoms with E-state index in [9.17, 15) is 141 Å². The van der Waals surface area contributed by atoms with Crippen molar-refractivity contribution < 1.29 is 146 Å². The number of carbonyl (C=O) groups is 22. The summed E-state index contributed by atoms with van der Waals surface area (Å²) in [5.74, 6) is -29.6. The number of H-pyrrole nitrogens is 1. The van der Waals surface area contributed by atoms with E-state index < -0.39 is 327 Å². The second kappa shape index (κ2) is 57.9. The van der Waals surface area contributed by atoms with Crippen LogP contribution in [-0.4, -0.2) is 321 Å². The predicted octanol–water partition coefficient (Wildman–Crippen LogP) is -8.77. The number of aliphatic carboxylic acids is 4. The van der Waals surface area contributed by atoms with Gasteiger partial charge in [0.25, 0.3) is 0 Å². The van der Waals surface area contributed by atoms with Crippen molar-refractivity contribution in [2.45, 2.75) is 300 Å². The Labute approximate surface area is 788 Å². The van der Waals surface area contributed by atoms with E-state index >= 15 is 0 Å². The van der Waals surface area contributed by atoms with Gasteiger partial charge < -0.3 is 153 Å². The number of hydrogen-bond acceptors (Lipinski definition) is 29. The number of unbranched alkanes of at least 4 members (excludes halogenated alkanes) is 1. The largest absolute Gasteiger partial charge is 0.508 e. The molecule has 0 aliphatic carbocycles. The monoisotopic (exact) mass is 1940 g/mol. The minimum atomic E-state index is -2.08. The summed E-state index contributed by atoms with van der Waals surface area (Å²) >= 11 is 0. The maximum atomic E-state index is 14.9. The number of amides is 18. The average Bonchev–Trinajstić information content (AvgIpc) is 1.70. The number of nitrogens with zero attached hydrogens (tertiary/aromatic N) is 2. The fourth-order valence-electron chi connectivity index (χ4n) is 14.0. The third-order valence-corrected chi connectivity index (χ3v) is 22.0. The smallest absolute Gasteiger partial charge is 0.326 e. The summed E-state index contributed by atoms with van der Waals surface area (Å²) in [6.07, 6.45) is -6.82. The van der Waals surface area contributed by atoms with Crippen LogP contribution in [0.2, 0.25) is 0 Å². The van der Waals surface area contributed by atoms with Crippen LogP contribution in [-0.2, 0) is 118 Å². The molecular formula is C85H134N22O30. The number of aliphatic hydroxyl groups is 3. The fourth-order valence-corrected chi connectivity index (χ4v) is 14.0. The summed E-state index contributed by atoms with van der Waals surface area (Å²) in [5, 5.41) is 116. The molecule has 32 N–H and O–H groups in total. The lowest BCUT2D eigenvalue weighted by Gasteiger charge is -2.32.